The van der Waals surface area contributed by atoms with Crippen molar-refractivity contribution in [1.29, 1.82) is 0 Å². The number of carbonyl (C=O) groups is 2. The van der Waals surface area contributed by atoms with Crippen molar-refractivity contribution in [2.24, 2.45) is 0 Å². The van der Waals surface area contributed by atoms with Crippen molar-refractivity contribution in [3.8, 4) is 0 Å². The molecule has 0 saturated carbocycles. The van der Waals surface area contributed by atoms with Crippen LogP contribution >= 0.6 is 11.8 Å². The summed E-state index contributed by atoms with van der Waals surface area (Å²) in [6, 6.07) is 6.58. The molecule has 0 N–H and O–H groups in total. The van der Waals surface area contributed by atoms with E-state index in [4.69, 9.17) is 4.74 Å². The lowest BCUT2D eigenvalue weighted by Gasteiger charge is -2.31. The lowest BCUT2D eigenvalue weighted by Crippen LogP contribution is -2.45. The molecule has 1 aliphatic rings. The third-order valence-electron chi connectivity index (χ3n) is 3.85. The van der Waals surface area contributed by atoms with Crippen molar-refractivity contribution in [3.63, 3.8) is 0 Å². The topological polar surface area (TPSA) is 80.8 Å². The van der Waals surface area contributed by atoms with E-state index >= 15 is 0 Å². The number of carbonyl (C=O) groups excluding carboxylic acids is 2. The van der Waals surface area contributed by atoms with E-state index in [2.05, 4.69) is 0 Å². The molecule has 0 radical (unpaired) electrons. The number of hydrogen-bond donors (Lipinski definition) is 0. The summed E-state index contributed by atoms with van der Waals surface area (Å²) in [5, 5.41) is -0.401. The van der Waals surface area contributed by atoms with E-state index in [1.165, 1.54) is 18.9 Å². The van der Waals surface area contributed by atoms with Gasteiger partial charge in [0.15, 0.2) is 9.84 Å². The number of rotatable bonds is 5. The summed E-state index contributed by atoms with van der Waals surface area (Å²) in [7, 11) is -2.17. The van der Waals surface area contributed by atoms with E-state index < -0.39 is 15.1 Å². The van der Waals surface area contributed by atoms with Crippen molar-refractivity contribution < 1.29 is 22.7 Å². The van der Waals surface area contributed by atoms with Gasteiger partial charge in [0.25, 0.3) is 0 Å². The smallest absolute Gasteiger partial charge is 0.320 e. The van der Waals surface area contributed by atoms with Crippen LogP contribution in [0.5, 0.6) is 0 Å². The van der Waals surface area contributed by atoms with Gasteiger partial charge in [-0.05, 0) is 19.1 Å². The molecular formula is C16H21NO5S2. The fraction of sp³-hybridized carbons (Fsp3) is 0.500. The maximum absolute atomic E-state index is 12.3. The van der Waals surface area contributed by atoms with E-state index in [-0.39, 0.29) is 35.5 Å². The Hall–Kier alpha value is -1.54. The van der Waals surface area contributed by atoms with Crippen molar-refractivity contribution >= 4 is 33.5 Å². The average molecular weight is 371 g/mol. The third-order valence-corrected chi connectivity index (χ3v) is 6.74. The van der Waals surface area contributed by atoms with Crippen LogP contribution in [-0.2, 0) is 24.2 Å². The SMILES string of the molecule is COC(=O)[C@@H]1CN(C(=O)CCS(=O)(=O)c2ccc(C)cc2)CCS1. The van der Waals surface area contributed by atoms with Crippen LogP contribution in [-0.4, -0.2) is 62.1 Å². The van der Waals surface area contributed by atoms with Gasteiger partial charge in [0, 0.05) is 25.3 Å². The number of aryl methyl sites for hydroxylation is 1. The number of nitrogens with zero attached hydrogens (tertiary/aromatic N) is 1. The first-order valence-corrected chi connectivity index (χ1v) is 10.3. The lowest BCUT2D eigenvalue weighted by molar-refractivity contribution is -0.141. The number of ether oxygens (including phenoxy) is 1. The number of sulfone groups is 1. The van der Waals surface area contributed by atoms with Crippen LogP contribution in [0.4, 0.5) is 0 Å². The molecule has 1 saturated heterocycles. The molecule has 132 valence electrons. The first kappa shape index (κ1) is 18.8. The van der Waals surface area contributed by atoms with E-state index in [9.17, 15) is 18.0 Å². The summed E-state index contributed by atoms with van der Waals surface area (Å²) in [6.07, 6.45) is -0.0885. The van der Waals surface area contributed by atoms with Crippen LogP contribution in [0.2, 0.25) is 0 Å². The highest BCUT2D eigenvalue weighted by molar-refractivity contribution is 8.00. The third kappa shape index (κ3) is 4.73. The fourth-order valence-electron chi connectivity index (χ4n) is 2.39. The van der Waals surface area contributed by atoms with Crippen LogP contribution in [0.15, 0.2) is 29.2 Å². The number of methoxy groups -OCH3 is 1. The van der Waals surface area contributed by atoms with Crippen molar-refractivity contribution in [1.82, 2.24) is 4.90 Å². The highest BCUT2D eigenvalue weighted by Gasteiger charge is 2.30. The van der Waals surface area contributed by atoms with Gasteiger partial charge in [-0.3, -0.25) is 9.59 Å². The summed E-state index contributed by atoms with van der Waals surface area (Å²) in [5.74, 6) is -0.206. The van der Waals surface area contributed by atoms with Gasteiger partial charge in [0.05, 0.1) is 17.8 Å². The summed E-state index contributed by atoms with van der Waals surface area (Å²) >= 11 is 1.45. The largest absolute Gasteiger partial charge is 0.468 e. The number of amides is 1. The molecule has 0 spiro atoms. The zero-order valence-corrected chi connectivity index (χ0v) is 15.4. The first-order chi connectivity index (χ1) is 11.3. The molecule has 0 bridgehead atoms. The molecule has 8 heteroatoms. The van der Waals surface area contributed by atoms with Crippen LogP contribution in [0.3, 0.4) is 0 Å². The zero-order chi connectivity index (χ0) is 17.7. The standard InChI is InChI=1S/C16H21NO5S2/c1-12-3-5-13(6-4-12)24(20,21)10-7-15(18)17-8-9-23-14(11-17)16(19)22-2/h3-6,14H,7-11H2,1-2H3/t14-/m0/s1. The normalized spacial score (nSPS) is 18.2. The molecule has 1 heterocycles. The Morgan fingerprint density at radius 3 is 2.58 bits per heavy atom. The van der Waals surface area contributed by atoms with Crippen molar-refractivity contribution in [2.45, 2.75) is 23.5 Å². The highest BCUT2D eigenvalue weighted by atomic mass is 32.2. The minimum absolute atomic E-state index is 0.0885. The van der Waals surface area contributed by atoms with Gasteiger partial charge in [0.1, 0.15) is 5.25 Å². The molecule has 1 aliphatic heterocycles. The molecule has 1 fully saturated rings. The molecule has 1 aromatic rings. The second-order valence-electron chi connectivity index (χ2n) is 5.60. The van der Waals surface area contributed by atoms with E-state index in [0.717, 1.165) is 5.56 Å². The van der Waals surface area contributed by atoms with Gasteiger partial charge in [-0.1, -0.05) is 17.7 Å². The number of thioether (sulfide) groups is 1. The quantitative estimate of drug-likeness (QED) is 0.725. The molecule has 2 rings (SSSR count). The second-order valence-corrected chi connectivity index (χ2v) is 9.02. The van der Waals surface area contributed by atoms with Gasteiger partial charge in [-0.25, -0.2) is 8.42 Å². The van der Waals surface area contributed by atoms with Crippen molar-refractivity contribution in [2.75, 3.05) is 31.7 Å². The number of benzene rings is 1. The zero-order valence-electron chi connectivity index (χ0n) is 13.7. The number of hydrogen-bond acceptors (Lipinski definition) is 6. The van der Waals surface area contributed by atoms with Gasteiger partial charge < -0.3 is 9.64 Å². The Bertz CT molecular complexity index is 700. The Kier molecular flexibility index (Phi) is 6.28. The van der Waals surface area contributed by atoms with E-state index in [1.54, 1.807) is 29.2 Å². The number of esters is 1. The summed E-state index contributed by atoms with van der Waals surface area (Å²) in [6.45, 7) is 2.66. The maximum Gasteiger partial charge on any atom is 0.320 e. The van der Waals surface area contributed by atoms with Crippen LogP contribution in [0, 0.1) is 6.92 Å². The molecule has 0 aromatic heterocycles. The average Bonchev–Trinajstić information content (AvgIpc) is 2.59. The lowest BCUT2D eigenvalue weighted by atomic mass is 10.2. The van der Waals surface area contributed by atoms with Crippen molar-refractivity contribution in [3.05, 3.63) is 29.8 Å². The Morgan fingerprint density at radius 1 is 1.29 bits per heavy atom. The summed E-state index contributed by atoms with van der Waals surface area (Å²) in [4.78, 5) is 25.6. The molecular weight excluding hydrogens is 350 g/mol. The Morgan fingerprint density at radius 2 is 1.96 bits per heavy atom. The maximum atomic E-state index is 12.3. The van der Waals surface area contributed by atoms with Crippen LogP contribution < -0.4 is 0 Å². The first-order valence-electron chi connectivity index (χ1n) is 7.60. The minimum Gasteiger partial charge on any atom is -0.468 e. The van der Waals surface area contributed by atoms with Crippen LogP contribution in [0.1, 0.15) is 12.0 Å². The van der Waals surface area contributed by atoms with Gasteiger partial charge in [0.2, 0.25) is 5.91 Å². The molecule has 1 aromatic carbocycles. The molecule has 24 heavy (non-hydrogen) atoms. The molecule has 1 amide bonds. The van der Waals surface area contributed by atoms with Crippen LogP contribution in [0.25, 0.3) is 0 Å². The van der Waals surface area contributed by atoms with Gasteiger partial charge >= 0.3 is 5.97 Å². The molecule has 1 atom stereocenters. The summed E-state index contributed by atoms with van der Waals surface area (Å²) in [5.41, 5.74) is 0.977. The predicted octanol–water partition coefficient (Wildman–Crippen LogP) is 1.28. The minimum atomic E-state index is -3.49. The molecule has 0 aliphatic carbocycles. The van der Waals surface area contributed by atoms with E-state index in [1.807, 2.05) is 6.92 Å². The molecule has 6 nitrogen and oxygen atoms in total. The Labute approximate surface area is 146 Å². The van der Waals surface area contributed by atoms with E-state index in [0.29, 0.717) is 12.3 Å². The summed E-state index contributed by atoms with van der Waals surface area (Å²) < 4.78 is 29.3. The molecule has 0 unspecified atom stereocenters. The second kappa shape index (κ2) is 8.02. The Balaban J connectivity index is 1.94. The van der Waals surface area contributed by atoms with Gasteiger partial charge in [-0.15, -0.1) is 11.8 Å². The van der Waals surface area contributed by atoms with Gasteiger partial charge in [-0.2, -0.15) is 0 Å². The predicted molar refractivity (Wildman–Crippen MR) is 92.7 cm³/mol. The highest BCUT2D eigenvalue weighted by Crippen LogP contribution is 2.21. The monoisotopic (exact) mass is 371 g/mol. The fourth-order valence-corrected chi connectivity index (χ4v) is 4.75.